The highest BCUT2D eigenvalue weighted by Gasteiger charge is 2.38. The third-order valence-electron chi connectivity index (χ3n) is 3.48. The van der Waals surface area contributed by atoms with Crippen LogP contribution >= 0.6 is 0 Å². The molecule has 0 N–H and O–H groups in total. The van der Waals surface area contributed by atoms with Gasteiger partial charge in [-0.2, -0.15) is 0 Å². The van der Waals surface area contributed by atoms with E-state index in [2.05, 4.69) is 40.8 Å². The average molecular weight is 351 g/mol. The maximum atomic E-state index is 6.11. The summed E-state index contributed by atoms with van der Waals surface area (Å²) in [6.07, 6.45) is 4.13. The molecular weight excluding hydrogens is 312 g/mol. The SMILES string of the molecule is CCCO[Si](C)(CC[Si](C)(OCCC)OCCC)OCCC. The first-order chi connectivity index (χ1) is 10.4. The third kappa shape index (κ3) is 10.1. The van der Waals surface area contributed by atoms with E-state index in [1.807, 2.05) is 0 Å². The fraction of sp³-hybridized carbons (Fsp3) is 1.00. The summed E-state index contributed by atoms with van der Waals surface area (Å²) in [4.78, 5) is 0. The van der Waals surface area contributed by atoms with Crippen molar-refractivity contribution in [2.45, 2.75) is 78.6 Å². The van der Waals surface area contributed by atoms with E-state index in [0.717, 1.165) is 64.2 Å². The topological polar surface area (TPSA) is 36.9 Å². The lowest BCUT2D eigenvalue weighted by Gasteiger charge is -2.32. The molecule has 0 heterocycles. The molecule has 0 saturated heterocycles. The Morgan fingerprint density at radius 1 is 0.500 bits per heavy atom. The van der Waals surface area contributed by atoms with Gasteiger partial charge in [0.05, 0.1) is 0 Å². The molecule has 0 aromatic heterocycles. The fourth-order valence-corrected chi connectivity index (χ4v) is 9.02. The summed E-state index contributed by atoms with van der Waals surface area (Å²) in [6, 6.07) is 1.92. The van der Waals surface area contributed by atoms with Crippen molar-refractivity contribution in [2.24, 2.45) is 0 Å². The van der Waals surface area contributed by atoms with Gasteiger partial charge in [0, 0.05) is 26.4 Å². The van der Waals surface area contributed by atoms with Crippen LogP contribution in [-0.2, 0) is 17.7 Å². The summed E-state index contributed by atoms with van der Waals surface area (Å²) in [5.74, 6) is 0. The van der Waals surface area contributed by atoms with Crippen molar-refractivity contribution in [3.05, 3.63) is 0 Å². The lowest BCUT2D eigenvalue weighted by Crippen LogP contribution is -2.45. The molecular formula is C16H38O4Si2. The van der Waals surface area contributed by atoms with Crippen LogP contribution < -0.4 is 0 Å². The van der Waals surface area contributed by atoms with Crippen molar-refractivity contribution >= 4 is 17.1 Å². The van der Waals surface area contributed by atoms with Crippen LogP contribution in [0, 0.1) is 0 Å². The van der Waals surface area contributed by atoms with Gasteiger partial charge in [-0.1, -0.05) is 27.7 Å². The van der Waals surface area contributed by atoms with Crippen LogP contribution in [0.2, 0.25) is 25.2 Å². The van der Waals surface area contributed by atoms with Crippen LogP contribution in [-0.4, -0.2) is 43.5 Å². The van der Waals surface area contributed by atoms with Crippen molar-refractivity contribution < 1.29 is 17.7 Å². The van der Waals surface area contributed by atoms with E-state index in [9.17, 15) is 0 Å². The molecule has 0 spiro atoms. The molecule has 0 rings (SSSR count). The molecule has 0 aliphatic carbocycles. The Bertz CT molecular complexity index is 223. The minimum absolute atomic E-state index is 0.788. The molecule has 0 aromatic rings. The van der Waals surface area contributed by atoms with Gasteiger partial charge in [0.15, 0.2) is 0 Å². The van der Waals surface area contributed by atoms with Crippen LogP contribution in [0.3, 0.4) is 0 Å². The van der Waals surface area contributed by atoms with Crippen molar-refractivity contribution in [2.75, 3.05) is 26.4 Å². The van der Waals surface area contributed by atoms with E-state index in [0.29, 0.717) is 0 Å². The quantitative estimate of drug-likeness (QED) is 0.396. The standard InChI is InChI=1S/C16H38O4Si2/c1-7-11-17-21(5,18-12-8-2)15-16-22(6,19-13-9-3)20-14-10-4/h7-16H2,1-6H3. The molecule has 0 aliphatic rings. The smallest absolute Gasteiger partial charge is 0.334 e. The first-order valence-electron chi connectivity index (χ1n) is 9.01. The zero-order valence-corrected chi connectivity index (χ0v) is 17.7. The molecule has 0 atom stereocenters. The Labute approximate surface area is 140 Å². The first-order valence-corrected chi connectivity index (χ1v) is 14.1. The van der Waals surface area contributed by atoms with Gasteiger partial charge in [-0.25, -0.2) is 0 Å². The second-order valence-electron chi connectivity index (χ2n) is 6.16. The van der Waals surface area contributed by atoms with Crippen LogP contribution in [0.25, 0.3) is 0 Å². The Kier molecular flexibility index (Phi) is 12.8. The molecule has 0 amide bonds. The summed E-state index contributed by atoms with van der Waals surface area (Å²) >= 11 is 0. The Morgan fingerprint density at radius 3 is 0.909 bits per heavy atom. The van der Waals surface area contributed by atoms with Crippen molar-refractivity contribution in [1.82, 2.24) is 0 Å². The Morgan fingerprint density at radius 2 is 0.727 bits per heavy atom. The molecule has 0 unspecified atom stereocenters. The maximum absolute atomic E-state index is 6.11. The van der Waals surface area contributed by atoms with Gasteiger partial charge >= 0.3 is 17.1 Å². The summed E-state index contributed by atoms with van der Waals surface area (Å²) in [6.45, 7) is 16.1. The molecule has 0 aliphatic heterocycles. The normalized spacial score (nSPS) is 12.8. The van der Waals surface area contributed by atoms with Crippen LogP contribution in [0.1, 0.15) is 53.4 Å². The summed E-state index contributed by atoms with van der Waals surface area (Å²) in [5.41, 5.74) is 0. The van der Waals surface area contributed by atoms with Crippen LogP contribution in [0.5, 0.6) is 0 Å². The van der Waals surface area contributed by atoms with E-state index in [1.54, 1.807) is 0 Å². The number of hydrogen-bond acceptors (Lipinski definition) is 4. The lowest BCUT2D eigenvalue weighted by molar-refractivity contribution is 0.162. The predicted molar refractivity (Wildman–Crippen MR) is 97.8 cm³/mol. The highest BCUT2D eigenvalue weighted by Crippen LogP contribution is 2.25. The fourth-order valence-electron chi connectivity index (χ4n) is 2.10. The van der Waals surface area contributed by atoms with E-state index < -0.39 is 17.1 Å². The summed E-state index contributed by atoms with van der Waals surface area (Å²) in [7, 11) is -4.21. The first kappa shape index (κ1) is 22.3. The van der Waals surface area contributed by atoms with Gasteiger partial charge in [0.25, 0.3) is 0 Å². The highest BCUT2D eigenvalue weighted by molar-refractivity contribution is 6.71. The van der Waals surface area contributed by atoms with Gasteiger partial charge in [-0.15, -0.1) is 0 Å². The van der Waals surface area contributed by atoms with Gasteiger partial charge in [0.2, 0.25) is 0 Å². The van der Waals surface area contributed by atoms with Gasteiger partial charge in [-0.05, 0) is 50.9 Å². The molecule has 0 bridgehead atoms. The van der Waals surface area contributed by atoms with E-state index >= 15 is 0 Å². The summed E-state index contributed by atoms with van der Waals surface area (Å²) < 4.78 is 24.5. The highest BCUT2D eigenvalue weighted by atomic mass is 28.4. The van der Waals surface area contributed by atoms with Gasteiger partial charge in [-0.3, -0.25) is 0 Å². The minimum Gasteiger partial charge on any atom is -0.394 e. The van der Waals surface area contributed by atoms with Crippen LogP contribution in [0.4, 0.5) is 0 Å². The van der Waals surface area contributed by atoms with Gasteiger partial charge in [0.1, 0.15) is 0 Å². The lowest BCUT2D eigenvalue weighted by atomic mass is 10.5. The monoisotopic (exact) mass is 350 g/mol. The van der Waals surface area contributed by atoms with Crippen LogP contribution in [0.15, 0.2) is 0 Å². The van der Waals surface area contributed by atoms with Crippen molar-refractivity contribution in [3.63, 3.8) is 0 Å². The van der Waals surface area contributed by atoms with E-state index in [4.69, 9.17) is 17.7 Å². The Hall–Kier alpha value is 0.274. The molecule has 0 radical (unpaired) electrons. The zero-order valence-electron chi connectivity index (χ0n) is 15.7. The molecule has 0 aromatic carbocycles. The summed E-state index contributed by atoms with van der Waals surface area (Å²) in [5, 5.41) is 0. The van der Waals surface area contributed by atoms with Crippen molar-refractivity contribution in [3.8, 4) is 0 Å². The Balaban J connectivity index is 4.62. The largest absolute Gasteiger partial charge is 0.394 e. The number of rotatable bonds is 15. The molecule has 0 fully saturated rings. The zero-order chi connectivity index (χ0) is 16.9. The molecule has 6 heteroatoms. The molecule has 22 heavy (non-hydrogen) atoms. The molecule has 0 saturated carbocycles. The van der Waals surface area contributed by atoms with E-state index in [1.165, 1.54) is 0 Å². The van der Waals surface area contributed by atoms with E-state index in [-0.39, 0.29) is 0 Å². The minimum atomic E-state index is -2.10. The third-order valence-corrected chi connectivity index (χ3v) is 9.55. The maximum Gasteiger partial charge on any atom is 0.334 e. The second kappa shape index (κ2) is 12.7. The number of hydrogen-bond donors (Lipinski definition) is 0. The van der Waals surface area contributed by atoms with Gasteiger partial charge < -0.3 is 17.7 Å². The van der Waals surface area contributed by atoms with Crippen molar-refractivity contribution in [1.29, 1.82) is 0 Å². The second-order valence-corrected chi connectivity index (χ2v) is 12.9. The molecule has 4 nitrogen and oxygen atoms in total. The molecule has 134 valence electrons. The average Bonchev–Trinajstić information content (AvgIpc) is 2.53. The predicted octanol–water partition coefficient (Wildman–Crippen LogP) is 4.84.